The molecule has 0 spiro atoms. The van der Waals surface area contributed by atoms with Crippen LogP contribution in [0.5, 0.6) is 5.75 Å². The summed E-state index contributed by atoms with van der Waals surface area (Å²) in [7, 11) is 0. The molecule has 6 heteroatoms. The Bertz CT molecular complexity index is 871. The Hall–Kier alpha value is -2.60. The summed E-state index contributed by atoms with van der Waals surface area (Å²) < 4.78 is 8.15. The van der Waals surface area contributed by atoms with Gasteiger partial charge in [0, 0.05) is 10.2 Å². The lowest BCUT2D eigenvalue weighted by molar-refractivity contribution is 0.102. The van der Waals surface area contributed by atoms with Gasteiger partial charge in [-0.1, -0.05) is 15.9 Å². The largest absolute Gasteiger partial charge is 0.494 e. The molecule has 0 radical (unpaired) electrons. The van der Waals surface area contributed by atoms with Crippen molar-refractivity contribution in [3.8, 4) is 11.4 Å². The van der Waals surface area contributed by atoms with Crippen LogP contribution in [0.1, 0.15) is 23.0 Å². The Balaban J connectivity index is 1.77. The van der Waals surface area contributed by atoms with Crippen molar-refractivity contribution in [2.75, 3.05) is 11.9 Å². The number of carbonyl (C=O) groups excluding carboxylic acids is 1. The molecule has 25 heavy (non-hydrogen) atoms. The Morgan fingerprint density at radius 2 is 1.84 bits per heavy atom. The summed E-state index contributed by atoms with van der Waals surface area (Å²) in [4.78, 5) is 12.5. The predicted molar refractivity (Wildman–Crippen MR) is 102 cm³/mol. The lowest BCUT2D eigenvalue weighted by atomic mass is 10.2. The van der Waals surface area contributed by atoms with Gasteiger partial charge in [-0.05, 0) is 62.4 Å². The highest BCUT2D eigenvalue weighted by molar-refractivity contribution is 9.10. The van der Waals surface area contributed by atoms with Gasteiger partial charge >= 0.3 is 0 Å². The van der Waals surface area contributed by atoms with Crippen LogP contribution in [0.25, 0.3) is 5.69 Å². The third-order valence-corrected chi connectivity index (χ3v) is 4.28. The van der Waals surface area contributed by atoms with Gasteiger partial charge in [0.2, 0.25) is 0 Å². The van der Waals surface area contributed by atoms with E-state index in [1.54, 1.807) is 10.9 Å². The molecule has 0 atom stereocenters. The second kappa shape index (κ2) is 7.53. The summed E-state index contributed by atoms with van der Waals surface area (Å²) >= 11 is 3.41. The van der Waals surface area contributed by atoms with Gasteiger partial charge in [-0.2, -0.15) is 5.10 Å². The molecular formula is C19H18BrN3O2. The molecule has 128 valence electrons. The summed E-state index contributed by atoms with van der Waals surface area (Å²) in [5, 5.41) is 7.22. The second-order valence-electron chi connectivity index (χ2n) is 5.44. The number of hydrogen-bond acceptors (Lipinski definition) is 3. The number of aromatic nitrogens is 2. The molecule has 2 aromatic carbocycles. The van der Waals surface area contributed by atoms with E-state index in [0.29, 0.717) is 17.9 Å². The predicted octanol–water partition coefficient (Wildman–Crippen LogP) is 4.59. The van der Waals surface area contributed by atoms with E-state index in [2.05, 4.69) is 26.3 Å². The highest BCUT2D eigenvalue weighted by atomic mass is 79.9. The molecule has 5 nitrogen and oxygen atoms in total. The van der Waals surface area contributed by atoms with E-state index in [1.165, 1.54) is 0 Å². The van der Waals surface area contributed by atoms with Crippen LogP contribution in [0.3, 0.4) is 0 Å². The van der Waals surface area contributed by atoms with Crippen molar-refractivity contribution in [2.24, 2.45) is 0 Å². The van der Waals surface area contributed by atoms with Crippen LogP contribution in [0.2, 0.25) is 0 Å². The monoisotopic (exact) mass is 399 g/mol. The molecule has 1 amide bonds. The Morgan fingerprint density at radius 1 is 1.16 bits per heavy atom. The lowest BCUT2D eigenvalue weighted by Gasteiger charge is -2.08. The van der Waals surface area contributed by atoms with Gasteiger partial charge in [-0.15, -0.1) is 0 Å². The van der Waals surface area contributed by atoms with Gasteiger partial charge in [0.1, 0.15) is 5.75 Å². The number of nitrogens with zero attached hydrogens (tertiary/aromatic N) is 2. The molecule has 3 rings (SSSR count). The highest BCUT2D eigenvalue weighted by Crippen LogP contribution is 2.20. The van der Waals surface area contributed by atoms with Gasteiger partial charge in [0.05, 0.1) is 29.7 Å². The number of amides is 1. The van der Waals surface area contributed by atoms with E-state index in [4.69, 9.17) is 4.74 Å². The smallest absolute Gasteiger partial charge is 0.259 e. The van der Waals surface area contributed by atoms with Crippen molar-refractivity contribution in [1.29, 1.82) is 0 Å². The van der Waals surface area contributed by atoms with Crippen molar-refractivity contribution in [1.82, 2.24) is 9.78 Å². The zero-order valence-electron chi connectivity index (χ0n) is 14.0. The summed E-state index contributed by atoms with van der Waals surface area (Å²) in [6.07, 6.45) is 1.58. The number of carbonyl (C=O) groups is 1. The van der Waals surface area contributed by atoms with Crippen molar-refractivity contribution in [2.45, 2.75) is 13.8 Å². The first-order valence-electron chi connectivity index (χ1n) is 7.93. The van der Waals surface area contributed by atoms with E-state index in [0.717, 1.165) is 21.6 Å². The van der Waals surface area contributed by atoms with E-state index < -0.39 is 0 Å². The molecule has 0 bridgehead atoms. The lowest BCUT2D eigenvalue weighted by Crippen LogP contribution is -2.13. The Labute approximate surface area is 154 Å². The van der Waals surface area contributed by atoms with Crippen LogP contribution < -0.4 is 10.1 Å². The maximum atomic E-state index is 12.5. The van der Waals surface area contributed by atoms with Crippen LogP contribution in [0.15, 0.2) is 59.2 Å². The first kappa shape index (κ1) is 17.2. The zero-order chi connectivity index (χ0) is 17.8. The fourth-order valence-corrected chi connectivity index (χ4v) is 2.74. The highest BCUT2D eigenvalue weighted by Gasteiger charge is 2.15. The van der Waals surface area contributed by atoms with Gasteiger partial charge in [-0.25, -0.2) is 4.68 Å². The van der Waals surface area contributed by atoms with Gasteiger partial charge in [-0.3, -0.25) is 4.79 Å². The molecule has 0 aliphatic carbocycles. The van der Waals surface area contributed by atoms with Crippen LogP contribution in [-0.2, 0) is 0 Å². The fourth-order valence-electron chi connectivity index (χ4n) is 2.47. The van der Waals surface area contributed by atoms with Gasteiger partial charge in [0.25, 0.3) is 5.91 Å². The third-order valence-electron chi connectivity index (χ3n) is 3.75. The molecule has 0 aliphatic heterocycles. The molecule has 0 fully saturated rings. The molecule has 0 saturated carbocycles. The zero-order valence-corrected chi connectivity index (χ0v) is 15.6. The van der Waals surface area contributed by atoms with Gasteiger partial charge < -0.3 is 10.1 Å². The quantitative estimate of drug-likeness (QED) is 0.682. The summed E-state index contributed by atoms with van der Waals surface area (Å²) in [6.45, 7) is 4.42. The van der Waals surface area contributed by atoms with Crippen molar-refractivity contribution in [3.05, 3.63) is 70.5 Å². The standard InChI is InChI=1S/C19H18BrN3O2/c1-3-25-17-10-6-15(7-11-17)22-19(24)18-12-21-23(13(18)2)16-8-4-14(20)5-9-16/h4-12H,3H2,1-2H3,(H,22,24). The molecule has 0 unspecified atom stereocenters. The van der Waals surface area contributed by atoms with Crippen LogP contribution in [0.4, 0.5) is 5.69 Å². The molecule has 1 heterocycles. The normalized spacial score (nSPS) is 10.5. The third kappa shape index (κ3) is 3.91. The summed E-state index contributed by atoms with van der Waals surface area (Å²) in [5.41, 5.74) is 2.94. The van der Waals surface area contributed by atoms with E-state index in [-0.39, 0.29) is 5.91 Å². The molecule has 0 saturated heterocycles. The van der Waals surface area contributed by atoms with E-state index in [1.807, 2.05) is 62.4 Å². The first-order chi connectivity index (χ1) is 12.1. The number of benzene rings is 2. The number of rotatable bonds is 5. The average molecular weight is 400 g/mol. The molecule has 1 N–H and O–H groups in total. The second-order valence-corrected chi connectivity index (χ2v) is 6.36. The van der Waals surface area contributed by atoms with Gasteiger partial charge in [0.15, 0.2) is 0 Å². The summed E-state index contributed by atoms with van der Waals surface area (Å²) in [6, 6.07) is 15.1. The summed E-state index contributed by atoms with van der Waals surface area (Å²) in [5.74, 6) is 0.588. The number of anilines is 1. The minimum Gasteiger partial charge on any atom is -0.494 e. The molecular weight excluding hydrogens is 382 g/mol. The van der Waals surface area contributed by atoms with Crippen molar-refractivity contribution in [3.63, 3.8) is 0 Å². The minimum absolute atomic E-state index is 0.190. The fraction of sp³-hybridized carbons (Fsp3) is 0.158. The van der Waals surface area contributed by atoms with Crippen molar-refractivity contribution >= 4 is 27.5 Å². The minimum atomic E-state index is -0.190. The maximum absolute atomic E-state index is 12.5. The first-order valence-corrected chi connectivity index (χ1v) is 8.72. The average Bonchev–Trinajstić information content (AvgIpc) is 2.99. The van der Waals surface area contributed by atoms with Crippen LogP contribution >= 0.6 is 15.9 Å². The van der Waals surface area contributed by atoms with E-state index in [9.17, 15) is 4.79 Å². The Kier molecular flexibility index (Phi) is 5.19. The van der Waals surface area contributed by atoms with Crippen LogP contribution in [-0.4, -0.2) is 22.3 Å². The molecule has 1 aromatic heterocycles. The van der Waals surface area contributed by atoms with Crippen LogP contribution in [0, 0.1) is 6.92 Å². The van der Waals surface area contributed by atoms with Crippen molar-refractivity contribution < 1.29 is 9.53 Å². The number of hydrogen-bond donors (Lipinski definition) is 1. The molecule has 0 aliphatic rings. The number of ether oxygens (including phenoxy) is 1. The number of nitrogens with one attached hydrogen (secondary N) is 1. The SMILES string of the molecule is CCOc1ccc(NC(=O)c2cnn(-c3ccc(Br)cc3)c2C)cc1. The maximum Gasteiger partial charge on any atom is 0.259 e. The molecule has 3 aromatic rings. The Morgan fingerprint density at radius 3 is 2.48 bits per heavy atom. The topological polar surface area (TPSA) is 56.1 Å². The number of halogens is 1. The van der Waals surface area contributed by atoms with E-state index >= 15 is 0 Å².